The Morgan fingerprint density at radius 1 is 1.32 bits per heavy atom. The zero-order valence-corrected chi connectivity index (χ0v) is 13.6. The van der Waals surface area contributed by atoms with Gasteiger partial charge < -0.3 is 15.2 Å². The molecule has 0 saturated heterocycles. The summed E-state index contributed by atoms with van der Waals surface area (Å²) in [6.07, 6.45) is 6.41. The van der Waals surface area contributed by atoms with Crippen LogP contribution in [0.5, 0.6) is 0 Å². The third-order valence-electron chi connectivity index (χ3n) is 5.80. The number of nitrogens with one attached hydrogen (secondary N) is 1. The van der Waals surface area contributed by atoms with Crippen molar-refractivity contribution in [2.24, 2.45) is 5.41 Å². The minimum Gasteiger partial charge on any atom is -0.396 e. The lowest BCUT2D eigenvalue weighted by Crippen LogP contribution is -2.67. The van der Waals surface area contributed by atoms with E-state index in [4.69, 9.17) is 4.74 Å². The molecule has 0 heterocycles. The van der Waals surface area contributed by atoms with E-state index in [1.165, 1.54) is 24.8 Å². The smallest absolute Gasteiger partial charge is 0.0661 e. The molecule has 2 aliphatic rings. The fraction of sp³-hybridized carbons (Fsp3) is 0.684. The van der Waals surface area contributed by atoms with E-state index >= 15 is 0 Å². The molecule has 3 heteroatoms. The van der Waals surface area contributed by atoms with Gasteiger partial charge in [-0.25, -0.2) is 0 Å². The lowest BCUT2D eigenvalue weighted by atomic mass is 9.51. The molecule has 0 bridgehead atoms. The standard InChI is InChI=1S/C19H29NO2/c1-2-22-18-13-17(19(18)10-6-11-19)20-14-16(9-12-21)15-7-4-3-5-8-15/h3-5,7-8,16-18,20-21H,2,6,9-14H2,1H3. The maximum Gasteiger partial charge on any atom is 0.0661 e. The molecule has 22 heavy (non-hydrogen) atoms. The highest BCUT2D eigenvalue weighted by Crippen LogP contribution is 2.57. The van der Waals surface area contributed by atoms with Gasteiger partial charge >= 0.3 is 0 Å². The Labute approximate surface area is 134 Å². The number of rotatable bonds is 8. The van der Waals surface area contributed by atoms with E-state index in [-0.39, 0.29) is 6.61 Å². The molecule has 2 aliphatic carbocycles. The molecule has 2 saturated carbocycles. The van der Waals surface area contributed by atoms with E-state index in [0.29, 0.717) is 23.5 Å². The van der Waals surface area contributed by atoms with Gasteiger partial charge in [-0.15, -0.1) is 0 Å². The van der Waals surface area contributed by atoms with Crippen molar-refractivity contribution in [3.05, 3.63) is 35.9 Å². The molecule has 0 aliphatic heterocycles. The van der Waals surface area contributed by atoms with Gasteiger partial charge in [0, 0.05) is 31.2 Å². The van der Waals surface area contributed by atoms with Crippen molar-refractivity contribution in [3.63, 3.8) is 0 Å². The molecule has 3 atom stereocenters. The van der Waals surface area contributed by atoms with Crippen LogP contribution >= 0.6 is 0 Å². The van der Waals surface area contributed by atoms with Gasteiger partial charge in [-0.3, -0.25) is 0 Å². The van der Waals surface area contributed by atoms with Crippen molar-refractivity contribution in [2.45, 2.75) is 57.1 Å². The molecule has 2 N–H and O–H groups in total. The van der Waals surface area contributed by atoms with Crippen LogP contribution in [0, 0.1) is 5.41 Å². The van der Waals surface area contributed by atoms with Crippen molar-refractivity contribution in [1.82, 2.24) is 5.32 Å². The van der Waals surface area contributed by atoms with Crippen LogP contribution in [0.2, 0.25) is 0 Å². The Hall–Kier alpha value is -0.900. The van der Waals surface area contributed by atoms with Crippen LogP contribution in [0.25, 0.3) is 0 Å². The van der Waals surface area contributed by atoms with E-state index in [1.807, 2.05) is 0 Å². The van der Waals surface area contributed by atoms with Crippen LogP contribution in [0.1, 0.15) is 50.5 Å². The second-order valence-corrected chi connectivity index (χ2v) is 6.85. The van der Waals surface area contributed by atoms with E-state index < -0.39 is 0 Å². The van der Waals surface area contributed by atoms with Gasteiger partial charge in [0.1, 0.15) is 0 Å². The minimum absolute atomic E-state index is 0.249. The first-order valence-electron chi connectivity index (χ1n) is 8.81. The van der Waals surface area contributed by atoms with Crippen molar-refractivity contribution >= 4 is 0 Å². The molecule has 0 radical (unpaired) electrons. The molecule has 3 rings (SSSR count). The topological polar surface area (TPSA) is 41.5 Å². The first-order chi connectivity index (χ1) is 10.8. The molecule has 1 aromatic rings. The van der Waals surface area contributed by atoms with Crippen molar-refractivity contribution < 1.29 is 9.84 Å². The van der Waals surface area contributed by atoms with Gasteiger partial charge in [-0.05, 0) is 44.1 Å². The summed E-state index contributed by atoms with van der Waals surface area (Å²) in [5.74, 6) is 0.398. The number of hydrogen-bond acceptors (Lipinski definition) is 3. The van der Waals surface area contributed by atoms with Crippen LogP contribution in [0.4, 0.5) is 0 Å². The predicted octanol–water partition coefficient (Wildman–Crippen LogP) is 3.09. The fourth-order valence-electron chi connectivity index (χ4n) is 4.28. The normalized spacial score (nSPS) is 27.2. The fourth-order valence-corrected chi connectivity index (χ4v) is 4.28. The number of aliphatic hydroxyl groups excluding tert-OH is 1. The van der Waals surface area contributed by atoms with Crippen molar-refractivity contribution in [2.75, 3.05) is 19.8 Å². The van der Waals surface area contributed by atoms with Crippen LogP contribution in [0.15, 0.2) is 30.3 Å². The summed E-state index contributed by atoms with van der Waals surface area (Å²) in [6, 6.07) is 11.2. The summed E-state index contributed by atoms with van der Waals surface area (Å²) >= 11 is 0. The highest BCUT2D eigenvalue weighted by molar-refractivity contribution is 5.20. The lowest BCUT2D eigenvalue weighted by Gasteiger charge is -2.61. The van der Waals surface area contributed by atoms with E-state index in [2.05, 4.69) is 42.6 Å². The van der Waals surface area contributed by atoms with Gasteiger partial charge in [0.15, 0.2) is 0 Å². The molecule has 3 unspecified atom stereocenters. The van der Waals surface area contributed by atoms with Crippen LogP contribution < -0.4 is 5.32 Å². The molecule has 2 fully saturated rings. The zero-order chi connectivity index (χ0) is 15.4. The molecule has 0 amide bonds. The highest BCUT2D eigenvalue weighted by Gasteiger charge is 2.58. The molecule has 1 aromatic carbocycles. The van der Waals surface area contributed by atoms with E-state index in [0.717, 1.165) is 26.0 Å². The Kier molecular flexibility index (Phi) is 5.17. The number of benzene rings is 1. The monoisotopic (exact) mass is 303 g/mol. The predicted molar refractivity (Wildman–Crippen MR) is 89.0 cm³/mol. The largest absolute Gasteiger partial charge is 0.396 e. The second-order valence-electron chi connectivity index (χ2n) is 6.85. The van der Waals surface area contributed by atoms with Crippen LogP contribution in [0.3, 0.4) is 0 Å². The van der Waals surface area contributed by atoms with Gasteiger partial charge in [0.25, 0.3) is 0 Å². The van der Waals surface area contributed by atoms with Gasteiger partial charge in [-0.2, -0.15) is 0 Å². The first-order valence-corrected chi connectivity index (χ1v) is 8.81. The minimum atomic E-state index is 0.249. The zero-order valence-electron chi connectivity index (χ0n) is 13.6. The SMILES string of the molecule is CCOC1CC(NCC(CCO)c2ccccc2)C12CCC2. The molecule has 122 valence electrons. The Balaban J connectivity index is 1.57. The third kappa shape index (κ3) is 2.94. The quantitative estimate of drug-likeness (QED) is 0.775. The summed E-state index contributed by atoms with van der Waals surface area (Å²) in [5, 5.41) is 13.2. The van der Waals surface area contributed by atoms with Gasteiger partial charge in [-0.1, -0.05) is 36.8 Å². The lowest BCUT2D eigenvalue weighted by molar-refractivity contribution is -0.172. The summed E-state index contributed by atoms with van der Waals surface area (Å²) < 4.78 is 5.92. The van der Waals surface area contributed by atoms with Gasteiger partial charge in [0.2, 0.25) is 0 Å². The summed E-state index contributed by atoms with van der Waals surface area (Å²) in [4.78, 5) is 0. The van der Waals surface area contributed by atoms with Crippen molar-refractivity contribution in [3.8, 4) is 0 Å². The molecule has 0 aromatic heterocycles. The highest BCUT2D eigenvalue weighted by atomic mass is 16.5. The van der Waals surface area contributed by atoms with Crippen LogP contribution in [-0.4, -0.2) is 37.0 Å². The molecular weight excluding hydrogens is 274 g/mol. The number of hydrogen-bond donors (Lipinski definition) is 2. The molecule has 1 spiro atoms. The summed E-state index contributed by atoms with van der Waals surface area (Å²) in [6.45, 7) is 4.13. The Morgan fingerprint density at radius 2 is 2.09 bits per heavy atom. The molecule has 3 nitrogen and oxygen atoms in total. The van der Waals surface area contributed by atoms with Crippen molar-refractivity contribution in [1.29, 1.82) is 0 Å². The number of ether oxygens (including phenoxy) is 1. The number of aliphatic hydroxyl groups is 1. The average Bonchev–Trinajstić information content (AvgIpc) is 2.48. The van der Waals surface area contributed by atoms with Crippen LogP contribution in [-0.2, 0) is 4.74 Å². The maximum atomic E-state index is 9.36. The third-order valence-corrected chi connectivity index (χ3v) is 5.80. The van der Waals surface area contributed by atoms with E-state index in [1.54, 1.807) is 0 Å². The van der Waals surface area contributed by atoms with E-state index in [9.17, 15) is 5.11 Å². The summed E-state index contributed by atoms with van der Waals surface area (Å²) in [5.41, 5.74) is 1.74. The average molecular weight is 303 g/mol. The summed E-state index contributed by atoms with van der Waals surface area (Å²) in [7, 11) is 0. The Bertz CT molecular complexity index is 458. The Morgan fingerprint density at radius 3 is 2.68 bits per heavy atom. The van der Waals surface area contributed by atoms with Gasteiger partial charge in [0.05, 0.1) is 6.10 Å². The molecular formula is C19H29NO2. The maximum absolute atomic E-state index is 9.36. The second kappa shape index (κ2) is 7.12. The first kappa shape index (κ1) is 16.0.